The van der Waals surface area contributed by atoms with E-state index in [1.165, 1.54) is 0 Å². The molecule has 1 aromatic carbocycles. The number of amides is 1. The lowest BCUT2D eigenvalue weighted by atomic mass is 10.2. The first-order chi connectivity index (χ1) is 12.6. The number of hydrogen-bond donors (Lipinski definition) is 3. The maximum absolute atomic E-state index is 12.0. The van der Waals surface area contributed by atoms with Crippen molar-refractivity contribution in [2.24, 2.45) is 0 Å². The number of nitrogens with one attached hydrogen (secondary N) is 3. The quantitative estimate of drug-likeness (QED) is 0.591. The van der Waals surface area contributed by atoms with E-state index in [0.717, 1.165) is 11.5 Å². The fourth-order valence-corrected chi connectivity index (χ4v) is 2.28. The van der Waals surface area contributed by atoms with E-state index in [-0.39, 0.29) is 5.91 Å². The van der Waals surface area contributed by atoms with E-state index in [1.54, 1.807) is 68.3 Å². The Morgan fingerprint density at radius 1 is 1.15 bits per heavy atom. The van der Waals surface area contributed by atoms with E-state index in [2.05, 4.69) is 26.0 Å². The van der Waals surface area contributed by atoms with E-state index in [1.807, 2.05) is 6.07 Å². The third kappa shape index (κ3) is 3.92. The van der Waals surface area contributed by atoms with Crippen molar-refractivity contribution in [2.75, 3.05) is 24.7 Å². The minimum absolute atomic E-state index is 0.166. The molecule has 0 aliphatic rings. The van der Waals surface area contributed by atoms with Gasteiger partial charge in [0.15, 0.2) is 5.65 Å². The molecule has 3 N–H and O–H groups in total. The SMILES string of the molecule is CN/C=C(\C)C(=O)Nc1ccc(Oc2ccc3nc(NC)cn3n2)cc1. The summed E-state index contributed by atoms with van der Waals surface area (Å²) in [6.07, 6.45) is 3.42. The molecule has 0 saturated heterocycles. The first kappa shape index (κ1) is 17.3. The molecule has 2 heterocycles. The highest BCUT2D eigenvalue weighted by Gasteiger charge is 2.06. The number of aromatic nitrogens is 3. The van der Waals surface area contributed by atoms with Gasteiger partial charge in [-0.25, -0.2) is 9.50 Å². The Balaban J connectivity index is 1.69. The molecule has 0 bridgehead atoms. The second kappa shape index (κ2) is 7.56. The molecule has 8 heteroatoms. The Hall–Kier alpha value is -3.55. The molecule has 0 saturated carbocycles. The van der Waals surface area contributed by atoms with Crippen LogP contribution in [0, 0.1) is 0 Å². The molecule has 0 atom stereocenters. The Kier molecular flexibility index (Phi) is 5.02. The molecule has 0 radical (unpaired) electrons. The smallest absolute Gasteiger partial charge is 0.252 e. The van der Waals surface area contributed by atoms with E-state index >= 15 is 0 Å². The van der Waals surface area contributed by atoms with Crippen molar-refractivity contribution in [1.29, 1.82) is 0 Å². The van der Waals surface area contributed by atoms with Crippen LogP contribution >= 0.6 is 0 Å². The van der Waals surface area contributed by atoms with Gasteiger partial charge in [0, 0.05) is 37.6 Å². The summed E-state index contributed by atoms with van der Waals surface area (Å²) in [4.78, 5) is 16.3. The molecule has 0 unspecified atom stereocenters. The van der Waals surface area contributed by atoms with E-state index < -0.39 is 0 Å². The van der Waals surface area contributed by atoms with E-state index in [9.17, 15) is 4.79 Å². The van der Waals surface area contributed by atoms with Crippen LogP contribution in [-0.4, -0.2) is 34.6 Å². The molecule has 3 aromatic rings. The number of benzene rings is 1. The molecule has 26 heavy (non-hydrogen) atoms. The molecular weight excluding hydrogens is 332 g/mol. The lowest BCUT2D eigenvalue weighted by Crippen LogP contribution is -2.14. The maximum Gasteiger partial charge on any atom is 0.252 e. The zero-order chi connectivity index (χ0) is 18.5. The fraction of sp³-hybridized carbons (Fsp3) is 0.167. The van der Waals surface area contributed by atoms with Crippen LogP contribution in [0.4, 0.5) is 11.5 Å². The van der Waals surface area contributed by atoms with Crippen molar-refractivity contribution in [3.8, 4) is 11.6 Å². The molecule has 8 nitrogen and oxygen atoms in total. The van der Waals surface area contributed by atoms with E-state index in [0.29, 0.717) is 22.9 Å². The molecule has 0 fully saturated rings. The Labute approximate surface area is 150 Å². The van der Waals surface area contributed by atoms with Gasteiger partial charge in [0.05, 0.1) is 6.20 Å². The van der Waals surface area contributed by atoms with Gasteiger partial charge in [-0.3, -0.25) is 4.79 Å². The average Bonchev–Trinajstić information content (AvgIpc) is 3.06. The lowest BCUT2D eigenvalue weighted by Gasteiger charge is -2.08. The van der Waals surface area contributed by atoms with Crippen LogP contribution in [0.3, 0.4) is 0 Å². The predicted molar refractivity (Wildman–Crippen MR) is 100 cm³/mol. The number of anilines is 2. The fourth-order valence-electron chi connectivity index (χ4n) is 2.28. The van der Waals surface area contributed by atoms with Crippen molar-refractivity contribution < 1.29 is 9.53 Å². The van der Waals surface area contributed by atoms with Crippen molar-refractivity contribution in [1.82, 2.24) is 19.9 Å². The van der Waals surface area contributed by atoms with Crippen LogP contribution in [0.5, 0.6) is 11.6 Å². The van der Waals surface area contributed by atoms with Gasteiger partial charge in [-0.05, 0) is 37.3 Å². The molecule has 1 amide bonds. The van der Waals surface area contributed by atoms with Crippen LogP contribution in [0.1, 0.15) is 6.92 Å². The summed E-state index contributed by atoms with van der Waals surface area (Å²) in [5.74, 6) is 1.63. The second-order valence-electron chi connectivity index (χ2n) is 5.55. The highest BCUT2D eigenvalue weighted by molar-refractivity contribution is 6.03. The number of imidazole rings is 1. The maximum atomic E-state index is 12.0. The number of nitrogens with zero attached hydrogens (tertiary/aromatic N) is 3. The first-order valence-corrected chi connectivity index (χ1v) is 8.06. The van der Waals surface area contributed by atoms with Crippen LogP contribution in [0.15, 0.2) is 54.4 Å². The van der Waals surface area contributed by atoms with Crippen LogP contribution in [0.2, 0.25) is 0 Å². The molecular formula is C18H20N6O2. The van der Waals surface area contributed by atoms with Gasteiger partial charge < -0.3 is 20.7 Å². The van der Waals surface area contributed by atoms with Crippen molar-refractivity contribution in [2.45, 2.75) is 6.92 Å². The van der Waals surface area contributed by atoms with Gasteiger partial charge in [-0.2, -0.15) is 0 Å². The second-order valence-corrected chi connectivity index (χ2v) is 5.55. The minimum Gasteiger partial charge on any atom is -0.438 e. The summed E-state index contributed by atoms with van der Waals surface area (Å²) in [6, 6.07) is 10.7. The van der Waals surface area contributed by atoms with Gasteiger partial charge in [0.2, 0.25) is 5.88 Å². The molecule has 3 rings (SSSR count). The Bertz CT molecular complexity index is 946. The summed E-state index contributed by atoms with van der Waals surface area (Å²) in [5, 5.41) is 13.0. The van der Waals surface area contributed by atoms with Gasteiger partial charge in [-0.1, -0.05) is 0 Å². The standard InChI is InChI=1S/C18H20N6O2/c1-12(10-19-2)18(25)21-13-4-6-14(7-5-13)26-17-9-8-16-22-15(20-3)11-24(16)23-17/h4-11,19-20H,1-3H3,(H,21,25)/b12-10+. The number of rotatable bonds is 6. The monoisotopic (exact) mass is 352 g/mol. The highest BCUT2D eigenvalue weighted by Crippen LogP contribution is 2.22. The zero-order valence-electron chi connectivity index (χ0n) is 14.8. The van der Waals surface area contributed by atoms with Gasteiger partial charge in [0.25, 0.3) is 5.91 Å². The molecule has 0 aliphatic heterocycles. The summed E-state index contributed by atoms with van der Waals surface area (Å²) in [6.45, 7) is 1.74. The van der Waals surface area contributed by atoms with Gasteiger partial charge in [0.1, 0.15) is 11.6 Å². The summed E-state index contributed by atoms with van der Waals surface area (Å²) >= 11 is 0. The number of carbonyl (C=O) groups excluding carboxylic acids is 1. The lowest BCUT2D eigenvalue weighted by molar-refractivity contribution is -0.112. The third-order valence-corrected chi connectivity index (χ3v) is 3.61. The largest absolute Gasteiger partial charge is 0.438 e. The summed E-state index contributed by atoms with van der Waals surface area (Å²) in [7, 11) is 3.55. The summed E-state index contributed by atoms with van der Waals surface area (Å²) in [5.41, 5.74) is 2.00. The predicted octanol–water partition coefficient (Wildman–Crippen LogP) is 2.63. The van der Waals surface area contributed by atoms with Crippen molar-refractivity contribution in [3.05, 3.63) is 54.4 Å². The number of hydrogen-bond acceptors (Lipinski definition) is 6. The first-order valence-electron chi connectivity index (χ1n) is 8.06. The van der Waals surface area contributed by atoms with Crippen molar-refractivity contribution >= 4 is 23.1 Å². The van der Waals surface area contributed by atoms with E-state index in [4.69, 9.17) is 4.74 Å². The van der Waals surface area contributed by atoms with Gasteiger partial charge >= 0.3 is 0 Å². The third-order valence-electron chi connectivity index (χ3n) is 3.61. The normalized spacial score (nSPS) is 11.3. The number of ether oxygens (including phenoxy) is 1. The molecule has 0 spiro atoms. The van der Waals surface area contributed by atoms with Gasteiger partial charge in [-0.15, -0.1) is 5.10 Å². The van der Waals surface area contributed by atoms with Crippen molar-refractivity contribution in [3.63, 3.8) is 0 Å². The van der Waals surface area contributed by atoms with Crippen LogP contribution in [0.25, 0.3) is 5.65 Å². The van der Waals surface area contributed by atoms with Crippen LogP contribution < -0.4 is 20.7 Å². The molecule has 134 valence electrons. The van der Waals surface area contributed by atoms with Crippen LogP contribution in [-0.2, 0) is 4.79 Å². The number of fused-ring (bicyclic) bond motifs is 1. The number of carbonyl (C=O) groups is 1. The Morgan fingerprint density at radius 3 is 2.62 bits per heavy atom. The Morgan fingerprint density at radius 2 is 1.92 bits per heavy atom. The average molecular weight is 352 g/mol. The topological polar surface area (TPSA) is 92.6 Å². The molecule has 2 aromatic heterocycles. The molecule has 0 aliphatic carbocycles. The highest BCUT2D eigenvalue weighted by atomic mass is 16.5. The minimum atomic E-state index is -0.166. The summed E-state index contributed by atoms with van der Waals surface area (Å²) < 4.78 is 7.41. The zero-order valence-corrected chi connectivity index (χ0v) is 14.8.